The first-order valence-electron chi connectivity index (χ1n) is 7.08. The fraction of sp³-hybridized carbons (Fsp3) is 1.00. The summed E-state index contributed by atoms with van der Waals surface area (Å²) in [5.74, 6) is 1.87. The molecule has 2 heterocycles. The number of rotatable bonds is 3. The van der Waals surface area contributed by atoms with Crippen LogP contribution in [0.2, 0.25) is 0 Å². The van der Waals surface area contributed by atoms with Crippen molar-refractivity contribution in [3.8, 4) is 0 Å². The SMILES string of the molecule is CCC(C)N1CC2C[C@@H](CN(C(C)C)C2)C1. The first-order chi connectivity index (χ1) is 7.60. The predicted octanol–water partition coefficient (Wildman–Crippen LogP) is 2.45. The van der Waals surface area contributed by atoms with Crippen molar-refractivity contribution in [2.75, 3.05) is 26.2 Å². The maximum Gasteiger partial charge on any atom is 0.00645 e. The van der Waals surface area contributed by atoms with Gasteiger partial charge in [-0.3, -0.25) is 0 Å². The van der Waals surface area contributed by atoms with E-state index in [1.54, 1.807) is 0 Å². The number of nitrogens with zero attached hydrogens (tertiary/aromatic N) is 2. The van der Waals surface area contributed by atoms with Crippen molar-refractivity contribution in [3.05, 3.63) is 0 Å². The summed E-state index contributed by atoms with van der Waals surface area (Å²) in [7, 11) is 0. The maximum atomic E-state index is 2.73. The standard InChI is InChI=1S/C14H28N2/c1-5-12(4)16-9-13-6-14(10-16)8-15(7-13)11(2)3/h11-14H,5-10H2,1-4H3/t12?,13-,14?/m0/s1. The van der Waals surface area contributed by atoms with Crippen molar-refractivity contribution in [1.82, 2.24) is 9.80 Å². The number of fused-ring (bicyclic) bond motifs is 2. The van der Waals surface area contributed by atoms with Crippen LogP contribution in [0, 0.1) is 11.8 Å². The summed E-state index contributed by atoms with van der Waals surface area (Å²) in [4.78, 5) is 5.42. The van der Waals surface area contributed by atoms with Gasteiger partial charge in [0.15, 0.2) is 0 Å². The lowest BCUT2D eigenvalue weighted by atomic mass is 9.83. The van der Waals surface area contributed by atoms with Gasteiger partial charge >= 0.3 is 0 Å². The van der Waals surface area contributed by atoms with Gasteiger partial charge in [-0.15, -0.1) is 0 Å². The monoisotopic (exact) mass is 224 g/mol. The quantitative estimate of drug-likeness (QED) is 0.726. The van der Waals surface area contributed by atoms with Gasteiger partial charge in [0, 0.05) is 38.3 Å². The Labute approximate surface area is 101 Å². The minimum Gasteiger partial charge on any atom is -0.300 e. The molecule has 0 aromatic rings. The van der Waals surface area contributed by atoms with E-state index in [2.05, 4.69) is 37.5 Å². The summed E-state index contributed by atoms with van der Waals surface area (Å²) in [5.41, 5.74) is 0. The van der Waals surface area contributed by atoms with E-state index in [-0.39, 0.29) is 0 Å². The summed E-state index contributed by atoms with van der Waals surface area (Å²) in [6, 6.07) is 1.52. The van der Waals surface area contributed by atoms with Crippen LogP contribution in [0.3, 0.4) is 0 Å². The Balaban J connectivity index is 1.94. The van der Waals surface area contributed by atoms with Gasteiger partial charge in [-0.25, -0.2) is 0 Å². The summed E-state index contributed by atoms with van der Waals surface area (Å²) in [5, 5.41) is 0. The predicted molar refractivity (Wildman–Crippen MR) is 69.6 cm³/mol. The van der Waals surface area contributed by atoms with Crippen LogP contribution in [-0.2, 0) is 0 Å². The molecule has 94 valence electrons. The molecule has 2 rings (SSSR count). The van der Waals surface area contributed by atoms with Gasteiger partial charge < -0.3 is 9.80 Å². The highest BCUT2D eigenvalue weighted by atomic mass is 15.2. The van der Waals surface area contributed by atoms with Gasteiger partial charge in [0.05, 0.1) is 0 Å². The highest BCUT2D eigenvalue weighted by Crippen LogP contribution is 2.30. The molecule has 0 spiro atoms. The molecule has 0 aliphatic carbocycles. The molecule has 2 heteroatoms. The third kappa shape index (κ3) is 2.60. The second-order valence-electron chi connectivity index (χ2n) is 6.23. The molecule has 0 amide bonds. The zero-order valence-corrected chi connectivity index (χ0v) is 11.4. The van der Waals surface area contributed by atoms with E-state index in [0.29, 0.717) is 0 Å². The molecule has 2 aliphatic rings. The molecule has 0 aromatic carbocycles. The highest BCUT2D eigenvalue weighted by molar-refractivity contribution is 4.89. The molecule has 0 radical (unpaired) electrons. The zero-order valence-electron chi connectivity index (χ0n) is 11.4. The lowest BCUT2D eigenvalue weighted by molar-refractivity contribution is 0.00219. The van der Waals surface area contributed by atoms with Crippen molar-refractivity contribution in [1.29, 1.82) is 0 Å². The highest BCUT2D eigenvalue weighted by Gasteiger charge is 2.35. The van der Waals surface area contributed by atoms with Crippen LogP contribution in [0.4, 0.5) is 0 Å². The van der Waals surface area contributed by atoms with Crippen molar-refractivity contribution >= 4 is 0 Å². The van der Waals surface area contributed by atoms with Crippen molar-refractivity contribution in [2.24, 2.45) is 11.8 Å². The van der Waals surface area contributed by atoms with Crippen molar-refractivity contribution in [3.63, 3.8) is 0 Å². The normalized spacial score (nSPS) is 34.3. The second-order valence-corrected chi connectivity index (χ2v) is 6.23. The summed E-state index contributed by atoms with van der Waals surface area (Å²) >= 11 is 0. The summed E-state index contributed by atoms with van der Waals surface area (Å²) in [6.07, 6.45) is 2.78. The molecule has 0 saturated carbocycles. The molecule has 0 aromatic heterocycles. The molecule has 2 nitrogen and oxygen atoms in total. The molecular weight excluding hydrogens is 196 g/mol. The number of likely N-dealkylation sites (tertiary alicyclic amines) is 2. The first kappa shape index (κ1) is 12.4. The Morgan fingerprint density at radius 1 is 0.938 bits per heavy atom. The molecule has 2 bridgehead atoms. The van der Waals surface area contributed by atoms with Crippen LogP contribution in [0.15, 0.2) is 0 Å². The average Bonchev–Trinajstić information content (AvgIpc) is 2.26. The van der Waals surface area contributed by atoms with Gasteiger partial charge in [-0.1, -0.05) is 6.92 Å². The summed E-state index contributed by atoms with van der Waals surface area (Å²) in [6.45, 7) is 14.7. The molecule has 2 fully saturated rings. The van der Waals surface area contributed by atoms with Crippen LogP contribution < -0.4 is 0 Å². The number of hydrogen-bond donors (Lipinski definition) is 0. The molecule has 2 unspecified atom stereocenters. The van der Waals surface area contributed by atoms with E-state index in [4.69, 9.17) is 0 Å². The molecule has 2 saturated heterocycles. The molecule has 0 N–H and O–H groups in total. The largest absolute Gasteiger partial charge is 0.300 e. The second kappa shape index (κ2) is 5.05. The third-order valence-corrected chi connectivity index (χ3v) is 4.58. The molecular formula is C14H28N2. The van der Waals surface area contributed by atoms with E-state index in [1.165, 1.54) is 39.0 Å². The topological polar surface area (TPSA) is 6.48 Å². The van der Waals surface area contributed by atoms with Crippen molar-refractivity contribution in [2.45, 2.75) is 52.6 Å². The van der Waals surface area contributed by atoms with E-state index in [0.717, 1.165) is 23.9 Å². The van der Waals surface area contributed by atoms with Gasteiger partial charge in [0.2, 0.25) is 0 Å². The van der Waals surface area contributed by atoms with E-state index >= 15 is 0 Å². The van der Waals surface area contributed by atoms with E-state index < -0.39 is 0 Å². The number of hydrogen-bond acceptors (Lipinski definition) is 2. The number of piperidine rings is 2. The van der Waals surface area contributed by atoms with E-state index in [1.807, 2.05) is 0 Å². The van der Waals surface area contributed by atoms with Crippen LogP contribution in [0.25, 0.3) is 0 Å². The zero-order chi connectivity index (χ0) is 11.7. The minimum atomic E-state index is 0.737. The third-order valence-electron chi connectivity index (χ3n) is 4.58. The lowest BCUT2D eigenvalue weighted by Crippen LogP contribution is -2.55. The van der Waals surface area contributed by atoms with Crippen molar-refractivity contribution < 1.29 is 0 Å². The van der Waals surface area contributed by atoms with E-state index in [9.17, 15) is 0 Å². The Hall–Kier alpha value is -0.0800. The smallest absolute Gasteiger partial charge is 0.00645 e. The van der Waals surface area contributed by atoms with Gasteiger partial charge in [-0.2, -0.15) is 0 Å². The van der Waals surface area contributed by atoms with Crippen LogP contribution in [-0.4, -0.2) is 48.1 Å². The van der Waals surface area contributed by atoms with Crippen LogP contribution >= 0.6 is 0 Å². The first-order valence-corrected chi connectivity index (χ1v) is 7.08. The Kier molecular flexibility index (Phi) is 3.91. The summed E-state index contributed by atoms with van der Waals surface area (Å²) < 4.78 is 0. The van der Waals surface area contributed by atoms with Gasteiger partial charge in [0.25, 0.3) is 0 Å². The molecule has 3 atom stereocenters. The average molecular weight is 224 g/mol. The Morgan fingerprint density at radius 2 is 1.44 bits per heavy atom. The fourth-order valence-corrected chi connectivity index (χ4v) is 3.40. The maximum absolute atomic E-state index is 2.73. The molecule has 16 heavy (non-hydrogen) atoms. The van der Waals surface area contributed by atoms with Gasteiger partial charge in [-0.05, 0) is 45.4 Å². The van der Waals surface area contributed by atoms with Gasteiger partial charge in [0.1, 0.15) is 0 Å². The van der Waals surface area contributed by atoms with Crippen LogP contribution in [0.1, 0.15) is 40.5 Å². The van der Waals surface area contributed by atoms with Crippen LogP contribution in [0.5, 0.6) is 0 Å². The minimum absolute atomic E-state index is 0.737. The Morgan fingerprint density at radius 3 is 1.88 bits per heavy atom. The molecule has 2 aliphatic heterocycles. The fourth-order valence-electron chi connectivity index (χ4n) is 3.40. The Bertz CT molecular complexity index is 213. The lowest BCUT2D eigenvalue weighted by Gasteiger charge is -2.48.